The second-order valence-electron chi connectivity index (χ2n) is 3.54. The lowest BCUT2D eigenvalue weighted by Gasteiger charge is -2.18. The summed E-state index contributed by atoms with van der Waals surface area (Å²) in [6, 6.07) is 1.77. The van der Waals surface area contributed by atoms with E-state index in [1.165, 1.54) is 0 Å². The molecule has 15 heavy (non-hydrogen) atoms. The highest BCUT2D eigenvalue weighted by Gasteiger charge is 2.19. The molecular weight excluding hydrogens is 258 g/mol. The van der Waals surface area contributed by atoms with Crippen molar-refractivity contribution in [3.05, 3.63) is 17.0 Å². The van der Waals surface area contributed by atoms with Gasteiger partial charge in [0.05, 0.1) is 0 Å². The Morgan fingerprint density at radius 3 is 3.00 bits per heavy atom. The normalized spacial score (nSPS) is 17.7. The number of carbonyl (C=O) groups excluding carboxylic acids is 1. The third kappa shape index (κ3) is 2.53. The highest BCUT2D eigenvalue weighted by atomic mass is 79.9. The molecule has 0 radical (unpaired) electrons. The highest BCUT2D eigenvalue weighted by molar-refractivity contribution is 9.10. The Balaban J connectivity index is 2.24. The molecule has 2 rings (SSSR count). The first-order chi connectivity index (χ1) is 7.27. The maximum atomic E-state index is 11.8. The molecule has 5 heteroatoms. The van der Waals surface area contributed by atoms with E-state index < -0.39 is 0 Å². The summed E-state index contributed by atoms with van der Waals surface area (Å²) in [5, 5.41) is 0. The average Bonchev–Trinajstić information content (AvgIpc) is 2.43. The fourth-order valence-electron chi connectivity index (χ4n) is 1.70. The minimum Gasteiger partial charge on any atom is -0.297 e. The van der Waals surface area contributed by atoms with Crippen LogP contribution in [0.3, 0.4) is 0 Å². The number of nitrogens with zero attached hydrogens (tertiary/aromatic N) is 3. The molecule has 0 spiro atoms. The molecular formula is C10H12BrN3O. The molecule has 0 bridgehead atoms. The summed E-state index contributed by atoms with van der Waals surface area (Å²) in [5.41, 5.74) is 0. The molecule has 80 valence electrons. The third-order valence-corrected chi connectivity index (χ3v) is 2.84. The van der Waals surface area contributed by atoms with Crippen molar-refractivity contribution in [2.45, 2.75) is 25.7 Å². The average molecular weight is 270 g/mol. The van der Waals surface area contributed by atoms with Crippen LogP contribution in [0.5, 0.6) is 0 Å². The SMILES string of the molecule is O=C1CCCCCN1c1ccnc(Br)n1. The van der Waals surface area contributed by atoms with Gasteiger partial charge in [-0.25, -0.2) is 9.97 Å². The van der Waals surface area contributed by atoms with Crippen LogP contribution in [-0.4, -0.2) is 22.4 Å². The van der Waals surface area contributed by atoms with Crippen molar-refractivity contribution in [2.75, 3.05) is 11.4 Å². The largest absolute Gasteiger partial charge is 0.297 e. The van der Waals surface area contributed by atoms with Crippen molar-refractivity contribution in [2.24, 2.45) is 0 Å². The van der Waals surface area contributed by atoms with Crippen molar-refractivity contribution < 1.29 is 4.79 Å². The van der Waals surface area contributed by atoms with Gasteiger partial charge in [0.15, 0.2) is 4.73 Å². The Labute approximate surface area is 96.8 Å². The van der Waals surface area contributed by atoms with Crippen molar-refractivity contribution in [3.8, 4) is 0 Å². The first kappa shape index (κ1) is 10.5. The lowest BCUT2D eigenvalue weighted by Crippen LogP contribution is -2.30. The standard InChI is InChI=1S/C10H12BrN3O/c11-10-12-6-5-8(13-10)14-7-3-1-2-4-9(14)15/h5-6H,1-4,7H2. The van der Waals surface area contributed by atoms with Crippen molar-refractivity contribution in [1.82, 2.24) is 9.97 Å². The Morgan fingerprint density at radius 2 is 2.20 bits per heavy atom. The van der Waals surface area contributed by atoms with E-state index in [0.29, 0.717) is 17.0 Å². The molecule has 0 unspecified atom stereocenters. The zero-order chi connectivity index (χ0) is 10.7. The zero-order valence-corrected chi connectivity index (χ0v) is 9.90. The first-order valence-corrected chi connectivity index (χ1v) is 5.85. The van der Waals surface area contributed by atoms with Gasteiger partial charge in [-0.2, -0.15) is 0 Å². The van der Waals surface area contributed by atoms with E-state index in [-0.39, 0.29) is 5.91 Å². The summed E-state index contributed by atoms with van der Waals surface area (Å²) in [5.74, 6) is 0.863. The molecule has 0 saturated carbocycles. The number of rotatable bonds is 1. The van der Waals surface area contributed by atoms with Crippen LogP contribution >= 0.6 is 15.9 Å². The minimum absolute atomic E-state index is 0.165. The Bertz CT molecular complexity index is 369. The van der Waals surface area contributed by atoms with Crippen LogP contribution < -0.4 is 4.90 Å². The first-order valence-electron chi connectivity index (χ1n) is 5.06. The van der Waals surface area contributed by atoms with Gasteiger partial charge in [-0.15, -0.1) is 0 Å². The summed E-state index contributed by atoms with van der Waals surface area (Å²) in [6.45, 7) is 0.766. The lowest BCUT2D eigenvalue weighted by molar-refractivity contribution is -0.118. The Hall–Kier alpha value is -0.970. The second kappa shape index (κ2) is 4.70. The third-order valence-electron chi connectivity index (χ3n) is 2.46. The van der Waals surface area contributed by atoms with Gasteiger partial charge in [0.2, 0.25) is 5.91 Å². The van der Waals surface area contributed by atoms with Crippen LogP contribution in [-0.2, 0) is 4.79 Å². The molecule has 1 aromatic heterocycles. The number of carbonyl (C=O) groups is 1. The van der Waals surface area contributed by atoms with Gasteiger partial charge in [-0.05, 0) is 34.8 Å². The van der Waals surface area contributed by atoms with Crippen molar-refractivity contribution >= 4 is 27.7 Å². The van der Waals surface area contributed by atoms with E-state index in [2.05, 4.69) is 25.9 Å². The Morgan fingerprint density at radius 1 is 1.33 bits per heavy atom. The number of anilines is 1. The molecule has 0 aromatic carbocycles. The molecule has 1 aliphatic rings. The number of halogens is 1. The van der Waals surface area contributed by atoms with Gasteiger partial charge in [0, 0.05) is 19.2 Å². The molecule has 4 nitrogen and oxygen atoms in total. The van der Waals surface area contributed by atoms with Crippen LogP contribution in [0.25, 0.3) is 0 Å². The molecule has 1 aromatic rings. The molecule has 0 N–H and O–H groups in total. The summed E-state index contributed by atoms with van der Waals surface area (Å²) in [4.78, 5) is 21.7. The molecule has 0 aliphatic carbocycles. The fraction of sp³-hybridized carbons (Fsp3) is 0.500. The summed E-state index contributed by atoms with van der Waals surface area (Å²) in [6.07, 6.45) is 5.44. The van der Waals surface area contributed by atoms with Crippen LogP contribution in [0.4, 0.5) is 5.82 Å². The van der Waals surface area contributed by atoms with Crippen molar-refractivity contribution in [1.29, 1.82) is 0 Å². The quantitative estimate of drug-likeness (QED) is 0.734. The van der Waals surface area contributed by atoms with Crippen LogP contribution in [0.2, 0.25) is 0 Å². The smallest absolute Gasteiger partial charge is 0.228 e. The maximum absolute atomic E-state index is 11.8. The summed E-state index contributed by atoms with van der Waals surface area (Å²) < 4.78 is 0.525. The predicted octanol–water partition coefficient (Wildman–Crippen LogP) is 2.15. The minimum atomic E-state index is 0.165. The number of hydrogen-bond acceptors (Lipinski definition) is 3. The monoisotopic (exact) mass is 269 g/mol. The van der Waals surface area contributed by atoms with Crippen LogP contribution in [0.1, 0.15) is 25.7 Å². The van der Waals surface area contributed by atoms with E-state index in [1.807, 2.05) is 0 Å². The van der Waals surface area contributed by atoms with E-state index in [9.17, 15) is 4.79 Å². The van der Waals surface area contributed by atoms with E-state index in [1.54, 1.807) is 17.2 Å². The van der Waals surface area contributed by atoms with Gasteiger partial charge in [-0.1, -0.05) is 6.42 Å². The van der Waals surface area contributed by atoms with Gasteiger partial charge < -0.3 is 0 Å². The van der Waals surface area contributed by atoms with E-state index >= 15 is 0 Å². The molecule has 1 fully saturated rings. The molecule has 1 amide bonds. The predicted molar refractivity (Wildman–Crippen MR) is 60.6 cm³/mol. The molecule has 2 heterocycles. The van der Waals surface area contributed by atoms with Crippen LogP contribution in [0, 0.1) is 0 Å². The topological polar surface area (TPSA) is 46.1 Å². The summed E-state index contributed by atoms with van der Waals surface area (Å²) in [7, 11) is 0. The van der Waals surface area contributed by atoms with Gasteiger partial charge in [-0.3, -0.25) is 9.69 Å². The van der Waals surface area contributed by atoms with E-state index in [0.717, 1.165) is 25.8 Å². The van der Waals surface area contributed by atoms with Gasteiger partial charge in [0.1, 0.15) is 5.82 Å². The van der Waals surface area contributed by atoms with Crippen LogP contribution in [0.15, 0.2) is 17.0 Å². The molecule has 0 atom stereocenters. The highest BCUT2D eigenvalue weighted by Crippen LogP contribution is 2.18. The number of amides is 1. The van der Waals surface area contributed by atoms with Gasteiger partial charge >= 0.3 is 0 Å². The summed E-state index contributed by atoms with van der Waals surface area (Å²) >= 11 is 3.21. The Kier molecular flexibility index (Phi) is 3.30. The molecule has 1 aliphatic heterocycles. The molecule has 1 saturated heterocycles. The van der Waals surface area contributed by atoms with Crippen molar-refractivity contribution in [3.63, 3.8) is 0 Å². The lowest BCUT2D eigenvalue weighted by atomic mass is 10.2. The zero-order valence-electron chi connectivity index (χ0n) is 8.32. The fourth-order valence-corrected chi connectivity index (χ4v) is 2.00. The number of hydrogen-bond donors (Lipinski definition) is 0. The van der Waals surface area contributed by atoms with E-state index in [4.69, 9.17) is 0 Å². The van der Waals surface area contributed by atoms with Gasteiger partial charge in [0.25, 0.3) is 0 Å². The number of aromatic nitrogens is 2. The second-order valence-corrected chi connectivity index (χ2v) is 4.25. The maximum Gasteiger partial charge on any atom is 0.228 e.